The van der Waals surface area contributed by atoms with Gasteiger partial charge in [-0.15, -0.1) is 0 Å². The van der Waals surface area contributed by atoms with E-state index < -0.39 is 30.1 Å². The summed E-state index contributed by atoms with van der Waals surface area (Å²) in [6.45, 7) is 0.767. The first kappa shape index (κ1) is 22.9. The Balaban J connectivity index is 1.70. The van der Waals surface area contributed by atoms with E-state index in [1.807, 2.05) is 30.3 Å². The summed E-state index contributed by atoms with van der Waals surface area (Å²) in [5.41, 5.74) is -0.538. The van der Waals surface area contributed by atoms with Gasteiger partial charge in [-0.2, -0.15) is 0 Å². The fourth-order valence-electron chi connectivity index (χ4n) is 3.38. The number of esters is 1. The third-order valence-corrected chi connectivity index (χ3v) is 5.12. The minimum absolute atomic E-state index is 0.210. The van der Waals surface area contributed by atoms with Crippen LogP contribution >= 0.6 is 0 Å². The first-order chi connectivity index (χ1) is 15.4. The van der Waals surface area contributed by atoms with Crippen molar-refractivity contribution in [2.75, 3.05) is 6.61 Å². The Hall–Kier alpha value is -3.77. The monoisotopic (exact) mass is 431 g/mol. The van der Waals surface area contributed by atoms with Crippen LogP contribution < -0.4 is 5.32 Å². The molecule has 0 heterocycles. The molecule has 0 aromatic heterocycles. The van der Waals surface area contributed by atoms with E-state index in [1.54, 1.807) is 60.7 Å². The number of ketones is 1. The molecule has 0 aliphatic carbocycles. The molecule has 164 valence electrons. The molecule has 0 bridgehead atoms. The summed E-state index contributed by atoms with van der Waals surface area (Å²) < 4.78 is 5.20. The molecule has 0 fully saturated rings. The van der Waals surface area contributed by atoms with E-state index in [0.29, 0.717) is 17.5 Å². The third-order valence-electron chi connectivity index (χ3n) is 5.12. The Morgan fingerprint density at radius 1 is 0.844 bits per heavy atom. The molecule has 0 radical (unpaired) electrons. The number of hydrogen-bond acceptors (Lipinski definition) is 5. The molecule has 0 saturated carbocycles. The van der Waals surface area contributed by atoms with E-state index in [4.69, 9.17) is 4.74 Å². The maximum atomic E-state index is 13.0. The number of hydrogen-bond donors (Lipinski definition) is 2. The van der Waals surface area contributed by atoms with Gasteiger partial charge < -0.3 is 15.2 Å². The molecule has 0 spiro atoms. The van der Waals surface area contributed by atoms with E-state index in [1.165, 1.54) is 6.92 Å². The normalized spacial score (nSPS) is 11.9. The molecule has 0 aliphatic heterocycles. The lowest BCUT2D eigenvalue weighted by Gasteiger charge is -2.27. The Morgan fingerprint density at radius 3 is 1.78 bits per heavy atom. The van der Waals surface area contributed by atoms with Gasteiger partial charge >= 0.3 is 5.97 Å². The zero-order chi connectivity index (χ0) is 23.0. The molecule has 0 aliphatic rings. The van der Waals surface area contributed by atoms with Crippen LogP contribution in [-0.4, -0.2) is 35.4 Å². The maximum Gasteiger partial charge on any atom is 0.348 e. The van der Waals surface area contributed by atoms with Crippen molar-refractivity contribution in [3.63, 3.8) is 0 Å². The van der Waals surface area contributed by atoms with Crippen LogP contribution in [0.5, 0.6) is 0 Å². The van der Waals surface area contributed by atoms with E-state index in [0.717, 1.165) is 5.56 Å². The zero-order valence-corrected chi connectivity index (χ0v) is 17.7. The van der Waals surface area contributed by atoms with E-state index in [9.17, 15) is 19.5 Å². The fraction of sp³-hybridized carbons (Fsp3) is 0.192. The van der Waals surface area contributed by atoms with Gasteiger partial charge in [-0.25, -0.2) is 4.79 Å². The van der Waals surface area contributed by atoms with Crippen LogP contribution in [0.4, 0.5) is 0 Å². The van der Waals surface area contributed by atoms with Crippen molar-refractivity contribution in [2.45, 2.75) is 25.0 Å². The van der Waals surface area contributed by atoms with Gasteiger partial charge in [0.15, 0.2) is 12.4 Å². The molecule has 2 N–H and O–H groups in total. The van der Waals surface area contributed by atoms with Gasteiger partial charge in [0.05, 0.1) is 6.04 Å². The number of amides is 1. The highest BCUT2D eigenvalue weighted by molar-refractivity contribution is 5.90. The third kappa shape index (κ3) is 5.47. The largest absolute Gasteiger partial charge is 0.453 e. The van der Waals surface area contributed by atoms with Gasteiger partial charge in [0.2, 0.25) is 5.60 Å². The second kappa shape index (κ2) is 10.5. The van der Waals surface area contributed by atoms with Crippen molar-refractivity contribution >= 4 is 17.7 Å². The molecule has 3 aromatic carbocycles. The first-order valence-corrected chi connectivity index (χ1v) is 10.3. The van der Waals surface area contributed by atoms with Crippen molar-refractivity contribution in [1.82, 2.24) is 5.32 Å². The number of Topliss-reactive ketones (excluding diaryl/α,β-unsaturated/α-hetero) is 1. The lowest BCUT2D eigenvalue weighted by molar-refractivity contribution is -0.164. The average Bonchev–Trinajstić information content (AvgIpc) is 2.83. The molecule has 3 aromatic rings. The second-order valence-corrected chi connectivity index (χ2v) is 7.44. The number of carbonyl (C=O) groups is 3. The Kier molecular flexibility index (Phi) is 7.52. The van der Waals surface area contributed by atoms with Gasteiger partial charge in [0, 0.05) is 0 Å². The van der Waals surface area contributed by atoms with Gasteiger partial charge in [0.1, 0.15) is 0 Å². The number of rotatable bonds is 9. The van der Waals surface area contributed by atoms with Crippen molar-refractivity contribution in [2.24, 2.45) is 0 Å². The summed E-state index contributed by atoms with van der Waals surface area (Å²) in [4.78, 5) is 37.4. The van der Waals surface area contributed by atoms with Crippen molar-refractivity contribution in [1.29, 1.82) is 0 Å². The molecule has 0 saturated heterocycles. The molecule has 6 nitrogen and oxygen atoms in total. The SMILES string of the molecule is CC(=O)[C@@H](Cc1ccccc1)NC(=O)COC(=O)C(O)(c1ccccc1)c1ccccc1. The fourth-order valence-corrected chi connectivity index (χ4v) is 3.38. The summed E-state index contributed by atoms with van der Waals surface area (Å²) in [6, 6.07) is 25.3. The minimum Gasteiger partial charge on any atom is -0.453 e. The van der Waals surface area contributed by atoms with Gasteiger partial charge in [0.25, 0.3) is 5.91 Å². The van der Waals surface area contributed by atoms with Crippen molar-refractivity contribution < 1.29 is 24.2 Å². The van der Waals surface area contributed by atoms with Crippen LogP contribution in [-0.2, 0) is 31.1 Å². The predicted molar refractivity (Wildman–Crippen MR) is 120 cm³/mol. The van der Waals surface area contributed by atoms with Crippen molar-refractivity contribution in [3.8, 4) is 0 Å². The Bertz CT molecular complexity index is 1010. The van der Waals surface area contributed by atoms with Crippen LogP contribution in [0.15, 0.2) is 91.0 Å². The van der Waals surface area contributed by atoms with Crippen molar-refractivity contribution in [3.05, 3.63) is 108 Å². The molecule has 1 amide bonds. The van der Waals surface area contributed by atoms with E-state index >= 15 is 0 Å². The van der Waals surface area contributed by atoms with Crippen LogP contribution in [0.3, 0.4) is 0 Å². The van der Waals surface area contributed by atoms with Crippen LogP contribution in [0.2, 0.25) is 0 Å². The summed E-state index contributed by atoms with van der Waals surface area (Å²) >= 11 is 0. The second-order valence-electron chi connectivity index (χ2n) is 7.44. The lowest BCUT2D eigenvalue weighted by Crippen LogP contribution is -2.45. The maximum absolute atomic E-state index is 13.0. The molecule has 3 rings (SSSR count). The number of aliphatic hydroxyl groups is 1. The van der Waals surface area contributed by atoms with Gasteiger partial charge in [-0.05, 0) is 30.0 Å². The van der Waals surface area contributed by atoms with Gasteiger partial charge in [-0.3, -0.25) is 9.59 Å². The van der Waals surface area contributed by atoms with Crippen LogP contribution in [0.1, 0.15) is 23.6 Å². The quantitative estimate of drug-likeness (QED) is 0.508. The molecular weight excluding hydrogens is 406 g/mol. The molecule has 0 unspecified atom stereocenters. The molecule has 6 heteroatoms. The Morgan fingerprint density at radius 2 is 1.31 bits per heavy atom. The lowest BCUT2D eigenvalue weighted by atomic mass is 9.86. The number of carbonyl (C=O) groups excluding carboxylic acids is 3. The molecular formula is C26H25NO5. The number of nitrogens with one attached hydrogen (secondary N) is 1. The van der Waals surface area contributed by atoms with E-state index in [-0.39, 0.29) is 5.78 Å². The number of benzene rings is 3. The van der Waals surface area contributed by atoms with E-state index in [2.05, 4.69) is 5.32 Å². The molecule has 32 heavy (non-hydrogen) atoms. The average molecular weight is 431 g/mol. The first-order valence-electron chi connectivity index (χ1n) is 10.3. The summed E-state index contributed by atoms with van der Waals surface area (Å²) in [5.74, 6) is -1.82. The minimum atomic E-state index is -2.08. The zero-order valence-electron chi connectivity index (χ0n) is 17.7. The predicted octanol–water partition coefficient (Wildman–Crippen LogP) is 2.78. The smallest absolute Gasteiger partial charge is 0.348 e. The highest BCUT2D eigenvalue weighted by Gasteiger charge is 2.41. The standard InChI is InChI=1S/C26H25NO5/c1-19(28)23(17-20-11-5-2-6-12-20)27-24(29)18-32-25(30)26(31,21-13-7-3-8-14-21)22-15-9-4-10-16-22/h2-16,23,31H,17-18H2,1H3,(H,27,29)/t23-/m1/s1. The van der Waals surface area contributed by atoms with Crippen LogP contribution in [0, 0.1) is 0 Å². The highest BCUT2D eigenvalue weighted by Crippen LogP contribution is 2.30. The van der Waals surface area contributed by atoms with Gasteiger partial charge in [-0.1, -0.05) is 91.0 Å². The highest BCUT2D eigenvalue weighted by atomic mass is 16.6. The summed E-state index contributed by atoms with van der Waals surface area (Å²) in [7, 11) is 0. The summed E-state index contributed by atoms with van der Waals surface area (Å²) in [6.07, 6.45) is 0.327. The number of ether oxygens (including phenoxy) is 1. The topological polar surface area (TPSA) is 92.7 Å². The van der Waals surface area contributed by atoms with Crippen LogP contribution in [0.25, 0.3) is 0 Å². The molecule has 1 atom stereocenters. The Labute approximate surface area is 186 Å². The summed E-state index contributed by atoms with van der Waals surface area (Å²) in [5, 5.41) is 13.9.